The predicted molar refractivity (Wildman–Crippen MR) is 66.8 cm³/mol. The Bertz CT molecular complexity index is 229. The molecule has 0 saturated heterocycles. The Morgan fingerprint density at radius 1 is 1.44 bits per heavy atom. The third-order valence-corrected chi connectivity index (χ3v) is 2.66. The minimum absolute atomic E-state index is 0. The molecule has 0 unspecified atom stereocenters. The van der Waals surface area contributed by atoms with Crippen molar-refractivity contribution in [2.45, 2.75) is 51.7 Å². The highest BCUT2D eigenvalue weighted by atomic mass is 35.5. The van der Waals surface area contributed by atoms with Gasteiger partial charge in [-0.15, -0.1) is 12.4 Å². The van der Waals surface area contributed by atoms with Gasteiger partial charge in [-0.25, -0.2) is 4.79 Å². The van der Waals surface area contributed by atoms with Gasteiger partial charge in [0.25, 0.3) is 0 Å². The number of alkyl carbamates (subject to hydrolysis) is 1. The number of rotatable bonds is 2. The quantitative estimate of drug-likeness (QED) is 0.789. The third kappa shape index (κ3) is 5.03. The number of nitrogens with two attached hydrogens (primary N) is 1. The number of hydrogen-bond acceptors (Lipinski definition) is 3. The van der Waals surface area contributed by atoms with Crippen molar-refractivity contribution in [3.05, 3.63) is 0 Å². The van der Waals surface area contributed by atoms with E-state index < -0.39 is 5.60 Å². The van der Waals surface area contributed by atoms with E-state index in [1.54, 1.807) is 0 Å². The van der Waals surface area contributed by atoms with Crippen LogP contribution in [0, 0.1) is 5.92 Å². The summed E-state index contributed by atoms with van der Waals surface area (Å²) in [6.45, 7) is 6.23. The summed E-state index contributed by atoms with van der Waals surface area (Å²) >= 11 is 0. The van der Waals surface area contributed by atoms with E-state index in [4.69, 9.17) is 10.5 Å². The average molecular weight is 251 g/mol. The molecule has 0 aromatic carbocycles. The zero-order chi connectivity index (χ0) is 11.5. The van der Waals surface area contributed by atoms with Crippen molar-refractivity contribution >= 4 is 18.5 Å². The van der Waals surface area contributed by atoms with Gasteiger partial charge in [-0.2, -0.15) is 0 Å². The molecule has 5 heteroatoms. The number of halogens is 1. The zero-order valence-electron chi connectivity index (χ0n) is 10.3. The summed E-state index contributed by atoms with van der Waals surface area (Å²) in [5, 5.41) is 2.90. The second-order valence-electron chi connectivity index (χ2n) is 5.18. The lowest BCUT2D eigenvalue weighted by Crippen LogP contribution is -2.42. The summed E-state index contributed by atoms with van der Waals surface area (Å²) in [6.07, 6.45) is 2.94. The lowest BCUT2D eigenvalue weighted by molar-refractivity contribution is 0.0494. The van der Waals surface area contributed by atoms with E-state index in [0.717, 1.165) is 19.3 Å². The molecule has 0 bridgehead atoms. The van der Waals surface area contributed by atoms with Gasteiger partial charge < -0.3 is 15.8 Å². The Kier molecular flexibility index (Phi) is 6.11. The topological polar surface area (TPSA) is 64.3 Å². The summed E-state index contributed by atoms with van der Waals surface area (Å²) < 4.78 is 5.20. The van der Waals surface area contributed by atoms with E-state index in [0.29, 0.717) is 12.5 Å². The van der Waals surface area contributed by atoms with Crippen LogP contribution in [0.4, 0.5) is 4.79 Å². The number of carbonyl (C=O) groups excluding carboxylic acids is 1. The highest BCUT2D eigenvalue weighted by Crippen LogP contribution is 2.24. The summed E-state index contributed by atoms with van der Waals surface area (Å²) in [6, 6.07) is 0.199. The minimum Gasteiger partial charge on any atom is -0.444 e. The number of ether oxygens (including phenoxy) is 1. The van der Waals surface area contributed by atoms with Crippen molar-refractivity contribution in [2.75, 3.05) is 6.54 Å². The van der Waals surface area contributed by atoms with Gasteiger partial charge in [0, 0.05) is 6.04 Å². The lowest BCUT2D eigenvalue weighted by atomic mass is 10.0. The summed E-state index contributed by atoms with van der Waals surface area (Å²) in [7, 11) is 0. The first-order chi connectivity index (χ1) is 6.92. The molecule has 1 rings (SSSR count). The Morgan fingerprint density at radius 3 is 2.56 bits per heavy atom. The largest absolute Gasteiger partial charge is 0.444 e. The zero-order valence-corrected chi connectivity index (χ0v) is 11.1. The molecule has 0 aliphatic heterocycles. The number of nitrogens with one attached hydrogen (secondary N) is 1. The van der Waals surface area contributed by atoms with Crippen LogP contribution in [-0.2, 0) is 4.74 Å². The van der Waals surface area contributed by atoms with Crippen molar-refractivity contribution in [1.29, 1.82) is 0 Å². The summed E-state index contributed by atoms with van der Waals surface area (Å²) in [5.41, 5.74) is 5.21. The van der Waals surface area contributed by atoms with Crippen LogP contribution in [0.1, 0.15) is 40.0 Å². The van der Waals surface area contributed by atoms with E-state index in [-0.39, 0.29) is 24.5 Å². The normalized spacial score (nSPS) is 24.8. The molecule has 2 atom stereocenters. The maximum absolute atomic E-state index is 11.5. The molecule has 1 saturated carbocycles. The van der Waals surface area contributed by atoms with Crippen molar-refractivity contribution in [3.8, 4) is 0 Å². The lowest BCUT2D eigenvalue weighted by Gasteiger charge is -2.24. The van der Waals surface area contributed by atoms with Crippen LogP contribution in [0.5, 0.6) is 0 Å². The maximum Gasteiger partial charge on any atom is 0.407 e. The Morgan fingerprint density at radius 2 is 2.06 bits per heavy atom. The summed E-state index contributed by atoms with van der Waals surface area (Å²) in [5.74, 6) is 0.414. The van der Waals surface area contributed by atoms with E-state index in [1.165, 1.54) is 0 Å². The standard InChI is InChI=1S/C11H22N2O2.ClH/c1-11(2,3)15-10(14)13-9-6-4-5-8(9)7-12;/h8-9H,4-7,12H2,1-3H3,(H,13,14);1H/t8-,9+;/m1./s1. The van der Waals surface area contributed by atoms with Gasteiger partial charge in [-0.1, -0.05) is 6.42 Å². The SMILES string of the molecule is CC(C)(C)OC(=O)N[C@H]1CCC[C@@H]1CN.Cl. The first-order valence-electron chi connectivity index (χ1n) is 5.62. The minimum atomic E-state index is -0.430. The molecule has 1 aliphatic rings. The third-order valence-electron chi connectivity index (χ3n) is 2.66. The molecule has 3 N–H and O–H groups in total. The molecule has 0 aromatic rings. The fourth-order valence-electron chi connectivity index (χ4n) is 1.97. The van der Waals surface area contributed by atoms with Gasteiger partial charge in [-0.3, -0.25) is 0 Å². The van der Waals surface area contributed by atoms with Gasteiger partial charge in [0.15, 0.2) is 0 Å². The smallest absolute Gasteiger partial charge is 0.407 e. The first kappa shape index (κ1) is 15.5. The second kappa shape index (κ2) is 6.30. The van der Waals surface area contributed by atoms with Crippen LogP contribution >= 0.6 is 12.4 Å². The van der Waals surface area contributed by atoms with Crippen LogP contribution in [0.25, 0.3) is 0 Å². The molecule has 96 valence electrons. The van der Waals surface area contributed by atoms with Crippen molar-refractivity contribution < 1.29 is 9.53 Å². The van der Waals surface area contributed by atoms with Gasteiger partial charge in [-0.05, 0) is 46.1 Å². The van der Waals surface area contributed by atoms with Crippen molar-refractivity contribution in [1.82, 2.24) is 5.32 Å². The first-order valence-corrected chi connectivity index (χ1v) is 5.62. The van der Waals surface area contributed by atoms with E-state index >= 15 is 0 Å². The summed E-state index contributed by atoms with van der Waals surface area (Å²) in [4.78, 5) is 11.5. The monoisotopic (exact) mass is 250 g/mol. The van der Waals surface area contributed by atoms with Crippen molar-refractivity contribution in [3.63, 3.8) is 0 Å². The Labute approximate surface area is 104 Å². The molecule has 0 spiro atoms. The molecule has 1 aliphatic carbocycles. The van der Waals surface area contributed by atoms with E-state index in [2.05, 4.69) is 5.32 Å². The Balaban J connectivity index is 0.00000225. The van der Waals surface area contributed by atoms with Crippen LogP contribution < -0.4 is 11.1 Å². The molecule has 1 fully saturated rings. The maximum atomic E-state index is 11.5. The molecule has 4 nitrogen and oxygen atoms in total. The number of carbonyl (C=O) groups is 1. The van der Waals surface area contributed by atoms with Gasteiger partial charge in [0.05, 0.1) is 0 Å². The molecule has 0 radical (unpaired) electrons. The van der Waals surface area contributed by atoms with E-state index in [9.17, 15) is 4.79 Å². The molecular formula is C11H23ClN2O2. The predicted octanol–water partition coefficient (Wildman–Crippen LogP) is 2.06. The van der Waals surface area contributed by atoms with Crippen LogP contribution in [0.15, 0.2) is 0 Å². The van der Waals surface area contributed by atoms with Gasteiger partial charge in [0.1, 0.15) is 5.60 Å². The molecular weight excluding hydrogens is 228 g/mol. The number of hydrogen-bond donors (Lipinski definition) is 2. The second-order valence-corrected chi connectivity index (χ2v) is 5.18. The van der Waals surface area contributed by atoms with Gasteiger partial charge >= 0.3 is 6.09 Å². The highest BCUT2D eigenvalue weighted by Gasteiger charge is 2.28. The van der Waals surface area contributed by atoms with Crippen LogP contribution in [0.2, 0.25) is 0 Å². The molecule has 1 amide bonds. The average Bonchev–Trinajstić information content (AvgIpc) is 2.48. The Hall–Kier alpha value is -0.480. The molecule has 0 heterocycles. The van der Waals surface area contributed by atoms with Crippen molar-refractivity contribution in [2.24, 2.45) is 11.7 Å². The number of amides is 1. The molecule has 16 heavy (non-hydrogen) atoms. The highest BCUT2D eigenvalue weighted by molar-refractivity contribution is 5.85. The fraction of sp³-hybridized carbons (Fsp3) is 0.909. The van der Waals surface area contributed by atoms with Crippen LogP contribution in [-0.4, -0.2) is 24.3 Å². The molecule has 0 aromatic heterocycles. The van der Waals surface area contributed by atoms with E-state index in [1.807, 2.05) is 20.8 Å². The van der Waals surface area contributed by atoms with Gasteiger partial charge in [0.2, 0.25) is 0 Å². The fourth-order valence-corrected chi connectivity index (χ4v) is 1.97. The van der Waals surface area contributed by atoms with Crippen LogP contribution in [0.3, 0.4) is 0 Å².